The number of rotatable bonds is 9. The van der Waals surface area contributed by atoms with Crippen molar-refractivity contribution in [1.82, 2.24) is 20.2 Å². The van der Waals surface area contributed by atoms with E-state index in [1.807, 2.05) is 6.07 Å². The summed E-state index contributed by atoms with van der Waals surface area (Å²) in [6.45, 7) is 7.24. The number of carbonyl (C=O) groups excluding carboxylic acids is 2. The van der Waals surface area contributed by atoms with Crippen LogP contribution in [0.2, 0.25) is 0 Å². The molecule has 1 aromatic heterocycles. The molecule has 2 N–H and O–H groups in total. The van der Waals surface area contributed by atoms with Crippen molar-refractivity contribution in [3.8, 4) is 0 Å². The number of alkyl carbamates (subject to hydrolysis) is 1. The molecule has 0 radical (unpaired) electrons. The number of halogens is 1. The van der Waals surface area contributed by atoms with Gasteiger partial charge in [-0.05, 0) is 32.9 Å². The number of hydrogen-bond donors (Lipinski definition) is 2. The SMILES string of the molecule is COCCN(CCOC)C(=O)c1cc(Br)cc2nc(CNC(=O)OC(C)(C)C)[nH]c12. The number of amides is 2. The van der Waals surface area contributed by atoms with E-state index in [-0.39, 0.29) is 12.5 Å². The first kappa shape index (κ1) is 24.1. The summed E-state index contributed by atoms with van der Waals surface area (Å²) in [5.41, 5.74) is 1.11. The summed E-state index contributed by atoms with van der Waals surface area (Å²) in [5, 5.41) is 2.66. The molecule has 10 heteroatoms. The molecule has 1 aromatic carbocycles. The number of aromatic amines is 1. The molecule has 0 spiro atoms. The quantitative estimate of drug-likeness (QED) is 0.566. The maximum atomic E-state index is 13.2. The molecule has 0 bridgehead atoms. The number of aromatic nitrogens is 2. The van der Waals surface area contributed by atoms with E-state index in [1.165, 1.54) is 0 Å². The highest BCUT2D eigenvalue weighted by atomic mass is 79.9. The number of benzene rings is 1. The molecule has 0 saturated carbocycles. The van der Waals surface area contributed by atoms with Crippen LogP contribution in [-0.4, -0.2) is 73.0 Å². The summed E-state index contributed by atoms with van der Waals surface area (Å²) < 4.78 is 16.2. The molecule has 166 valence electrons. The van der Waals surface area contributed by atoms with Crippen LogP contribution >= 0.6 is 15.9 Å². The third-order valence-corrected chi connectivity index (χ3v) is 4.51. The van der Waals surface area contributed by atoms with Gasteiger partial charge >= 0.3 is 6.09 Å². The van der Waals surface area contributed by atoms with Crippen molar-refractivity contribution in [3.05, 3.63) is 28.0 Å². The highest BCUT2D eigenvalue weighted by molar-refractivity contribution is 9.10. The van der Waals surface area contributed by atoms with Crippen LogP contribution in [0.5, 0.6) is 0 Å². The lowest BCUT2D eigenvalue weighted by molar-refractivity contribution is 0.0521. The first-order valence-corrected chi connectivity index (χ1v) is 10.4. The van der Waals surface area contributed by atoms with Crippen LogP contribution in [0, 0.1) is 0 Å². The zero-order valence-electron chi connectivity index (χ0n) is 18.0. The molecule has 30 heavy (non-hydrogen) atoms. The van der Waals surface area contributed by atoms with E-state index in [4.69, 9.17) is 14.2 Å². The van der Waals surface area contributed by atoms with E-state index < -0.39 is 11.7 Å². The lowest BCUT2D eigenvalue weighted by Crippen LogP contribution is -2.36. The van der Waals surface area contributed by atoms with E-state index in [9.17, 15) is 9.59 Å². The number of carbonyl (C=O) groups is 2. The summed E-state index contributed by atoms with van der Waals surface area (Å²) in [6, 6.07) is 3.56. The topological polar surface area (TPSA) is 106 Å². The second-order valence-electron chi connectivity index (χ2n) is 7.66. The zero-order chi connectivity index (χ0) is 22.3. The fourth-order valence-electron chi connectivity index (χ4n) is 2.74. The molecule has 0 saturated heterocycles. The highest BCUT2D eigenvalue weighted by Gasteiger charge is 2.21. The number of methoxy groups -OCH3 is 2. The minimum Gasteiger partial charge on any atom is -0.444 e. The Morgan fingerprint density at radius 1 is 1.17 bits per heavy atom. The van der Waals surface area contributed by atoms with Crippen molar-refractivity contribution >= 4 is 39.0 Å². The Hall–Kier alpha value is -2.17. The van der Waals surface area contributed by atoms with Crippen LogP contribution in [0.25, 0.3) is 11.0 Å². The fourth-order valence-corrected chi connectivity index (χ4v) is 3.19. The van der Waals surface area contributed by atoms with E-state index >= 15 is 0 Å². The Morgan fingerprint density at radius 2 is 1.80 bits per heavy atom. The summed E-state index contributed by atoms with van der Waals surface area (Å²) in [7, 11) is 3.18. The standard InChI is InChI=1S/C20H29BrN4O5/c1-20(2,3)30-19(27)22-12-16-23-15-11-13(21)10-14(17(15)24-16)18(26)25(6-8-28-4)7-9-29-5/h10-11H,6-9,12H2,1-5H3,(H,22,27)(H,23,24). The van der Waals surface area contributed by atoms with E-state index in [0.717, 1.165) is 4.47 Å². The first-order valence-electron chi connectivity index (χ1n) is 9.56. The van der Waals surface area contributed by atoms with Gasteiger partial charge in [0.15, 0.2) is 0 Å². The average molecular weight is 485 g/mol. The normalized spacial score (nSPS) is 11.5. The van der Waals surface area contributed by atoms with Gasteiger partial charge in [-0.2, -0.15) is 0 Å². The third kappa shape index (κ3) is 6.96. The molecule has 0 unspecified atom stereocenters. The maximum Gasteiger partial charge on any atom is 0.408 e. The predicted octanol–water partition coefficient (Wildman–Crippen LogP) is 3.09. The molecule has 9 nitrogen and oxygen atoms in total. The highest BCUT2D eigenvalue weighted by Crippen LogP contribution is 2.24. The minimum atomic E-state index is -0.587. The van der Waals surface area contributed by atoms with Crippen LogP contribution in [-0.2, 0) is 20.8 Å². The van der Waals surface area contributed by atoms with E-state index in [1.54, 1.807) is 46.0 Å². The molecule has 2 rings (SSSR count). The van der Waals surface area contributed by atoms with Crippen molar-refractivity contribution in [2.75, 3.05) is 40.5 Å². The molecule has 0 aliphatic rings. The molecule has 0 fully saturated rings. The Balaban J connectivity index is 2.25. The molecule has 1 heterocycles. The molecular formula is C20H29BrN4O5. The molecular weight excluding hydrogens is 456 g/mol. The van der Waals surface area contributed by atoms with Gasteiger partial charge in [0.1, 0.15) is 11.4 Å². The van der Waals surface area contributed by atoms with Crippen LogP contribution in [0.1, 0.15) is 37.0 Å². The van der Waals surface area contributed by atoms with Gasteiger partial charge in [-0.1, -0.05) is 15.9 Å². The van der Waals surface area contributed by atoms with Crippen molar-refractivity contribution in [1.29, 1.82) is 0 Å². The second kappa shape index (κ2) is 10.7. The van der Waals surface area contributed by atoms with E-state index in [2.05, 4.69) is 31.2 Å². The Labute approximate surface area is 184 Å². The average Bonchev–Trinajstić information content (AvgIpc) is 3.06. The molecule has 2 amide bonds. The van der Waals surface area contributed by atoms with Crippen molar-refractivity contribution in [2.24, 2.45) is 0 Å². The van der Waals surface area contributed by atoms with Gasteiger partial charge in [0.05, 0.1) is 36.4 Å². The summed E-state index contributed by atoms with van der Waals surface area (Å²) in [5.74, 6) is 0.356. The molecule has 0 aliphatic carbocycles. The summed E-state index contributed by atoms with van der Waals surface area (Å²) in [4.78, 5) is 34.4. The predicted molar refractivity (Wildman–Crippen MR) is 117 cm³/mol. The van der Waals surface area contributed by atoms with Gasteiger partial charge in [0.25, 0.3) is 5.91 Å². The van der Waals surface area contributed by atoms with Crippen LogP contribution < -0.4 is 5.32 Å². The second-order valence-corrected chi connectivity index (χ2v) is 8.58. The fraction of sp³-hybridized carbons (Fsp3) is 0.550. The van der Waals surface area contributed by atoms with Crippen molar-refractivity contribution < 1.29 is 23.8 Å². The minimum absolute atomic E-state index is 0.145. The van der Waals surface area contributed by atoms with Crippen molar-refractivity contribution in [3.63, 3.8) is 0 Å². The van der Waals surface area contributed by atoms with Gasteiger partial charge in [0.2, 0.25) is 0 Å². The third-order valence-electron chi connectivity index (χ3n) is 4.05. The Morgan fingerprint density at radius 3 is 2.37 bits per heavy atom. The van der Waals surface area contributed by atoms with Crippen LogP contribution in [0.3, 0.4) is 0 Å². The van der Waals surface area contributed by atoms with Gasteiger partial charge in [-0.15, -0.1) is 0 Å². The monoisotopic (exact) mass is 484 g/mol. The smallest absolute Gasteiger partial charge is 0.408 e. The lowest BCUT2D eigenvalue weighted by Gasteiger charge is -2.22. The van der Waals surface area contributed by atoms with Crippen LogP contribution in [0.4, 0.5) is 4.79 Å². The van der Waals surface area contributed by atoms with Gasteiger partial charge in [-0.25, -0.2) is 9.78 Å². The summed E-state index contributed by atoms with van der Waals surface area (Å²) >= 11 is 3.45. The summed E-state index contributed by atoms with van der Waals surface area (Å²) in [6.07, 6.45) is -0.536. The van der Waals surface area contributed by atoms with Crippen molar-refractivity contribution in [2.45, 2.75) is 32.9 Å². The molecule has 2 aromatic rings. The van der Waals surface area contributed by atoms with Gasteiger partial charge in [-0.3, -0.25) is 4.79 Å². The largest absolute Gasteiger partial charge is 0.444 e. The van der Waals surface area contributed by atoms with Gasteiger partial charge in [0, 0.05) is 31.8 Å². The molecule has 0 aliphatic heterocycles. The molecule has 0 atom stereocenters. The number of hydrogen-bond acceptors (Lipinski definition) is 6. The van der Waals surface area contributed by atoms with E-state index in [0.29, 0.717) is 48.7 Å². The maximum absolute atomic E-state index is 13.2. The Bertz CT molecular complexity index is 870. The first-order chi connectivity index (χ1) is 14.1. The number of nitrogens with zero attached hydrogens (tertiary/aromatic N) is 2. The Kier molecular flexibility index (Phi) is 8.63. The van der Waals surface area contributed by atoms with Crippen LogP contribution in [0.15, 0.2) is 16.6 Å². The number of imidazole rings is 1. The number of nitrogens with one attached hydrogen (secondary N) is 2. The lowest BCUT2D eigenvalue weighted by atomic mass is 10.1. The number of ether oxygens (including phenoxy) is 3. The van der Waals surface area contributed by atoms with Gasteiger partial charge < -0.3 is 29.4 Å². The number of H-pyrrole nitrogens is 1. The number of fused-ring (bicyclic) bond motifs is 1. The zero-order valence-corrected chi connectivity index (χ0v) is 19.6.